The highest BCUT2D eigenvalue weighted by Crippen LogP contribution is 2.32. The largest absolute Gasteiger partial charge is 0.478 e. The minimum Gasteiger partial charge on any atom is -0.478 e. The number of likely N-dealkylation sites (N-methyl/N-ethyl adjacent to an activating group) is 2. The summed E-state index contributed by atoms with van der Waals surface area (Å²) in [7, 11) is 3.24. The Balaban J connectivity index is 0.000000650. The molecule has 2 heterocycles. The van der Waals surface area contributed by atoms with Crippen LogP contribution in [0.5, 0.6) is 0 Å². The van der Waals surface area contributed by atoms with Crippen molar-refractivity contribution in [1.29, 1.82) is 0 Å². The zero-order chi connectivity index (χ0) is 37.3. The lowest BCUT2D eigenvalue weighted by Gasteiger charge is -2.49. The molecule has 4 rings (SSSR count). The lowest BCUT2D eigenvalue weighted by Crippen LogP contribution is -2.69. The highest BCUT2D eigenvalue weighted by molar-refractivity contribution is 5.87. The van der Waals surface area contributed by atoms with E-state index in [4.69, 9.17) is 29.8 Å². The molecule has 1 aromatic carbocycles. The molecule has 0 spiro atoms. The fourth-order valence-corrected chi connectivity index (χ4v) is 6.41. The van der Waals surface area contributed by atoms with Crippen molar-refractivity contribution in [3.05, 3.63) is 35.9 Å². The molecule has 9 N–H and O–H groups in total. The summed E-state index contributed by atoms with van der Waals surface area (Å²) >= 11 is 0. The van der Waals surface area contributed by atoms with Crippen molar-refractivity contribution < 1.29 is 58.6 Å². The molecule has 0 radical (unpaired) electrons. The van der Waals surface area contributed by atoms with E-state index in [1.807, 2.05) is 0 Å². The first-order valence-corrected chi connectivity index (χ1v) is 16.6. The molecule has 1 aromatic rings. The molecule has 17 heteroatoms. The van der Waals surface area contributed by atoms with E-state index in [9.17, 15) is 34.5 Å². The summed E-state index contributed by atoms with van der Waals surface area (Å²) in [6, 6.07) is 5.43. The van der Waals surface area contributed by atoms with Gasteiger partial charge < -0.3 is 66.0 Å². The third kappa shape index (κ3) is 11.1. The number of aliphatic hydroxyl groups excluding tert-OH is 2. The number of carboxylic acid groups (broad SMARTS) is 1. The van der Waals surface area contributed by atoms with Crippen LogP contribution in [0.3, 0.4) is 0 Å². The summed E-state index contributed by atoms with van der Waals surface area (Å²) in [6.07, 6.45) is -6.34. The predicted octanol–water partition coefficient (Wildman–Crippen LogP) is -1.72. The van der Waals surface area contributed by atoms with E-state index in [2.05, 4.69) is 16.0 Å². The highest BCUT2D eigenvalue weighted by atomic mass is 16.7. The number of amides is 3. The number of nitrogens with zero attached hydrogens (tertiary/aromatic N) is 1. The normalized spacial score (nSPS) is 35.5. The summed E-state index contributed by atoms with van der Waals surface area (Å²) < 4.78 is 24.1. The number of benzene rings is 1. The van der Waals surface area contributed by atoms with Crippen molar-refractivity contribution in [3.8, 4) is 0 Å². The average Bonchev–Trinajstić information content (AvgIpc) is 3.03. The van der Waals surface area contributed by atoms with Gasteiger partial charge in [0.25, 0.3) is 0 Å². The van der Waals surface area contributed by atoms with E-state index in [-0.39, 0.29) is 30.7 Å². The first-order valence-electron chi connectivity index (χ1n) is 16.6. The Bertz CT molecular complexity index is 1290. The van der Waals surface area contributed by atoms with E-state index in [1.165, 1.54) is 32.6 Å². The van der Waals surface area contributed by atoms with E-state index in [0.717, 1.165) is 0 Å². The summed E-state index contributed by atoms with van der Waals surface area (Å²) in [5.74, 6) is -1.67. The van der Waals surface area contributed by atoms with Crippen LogP contribution >= 0.6 is 0 Å². The van der Waals surface area contributed by atoms with Gasteiger partial charge in [-0.1, -0.05) is 18.2 Å². The maximum absolute atomic E-state index is 12.1. The molecule has 1 aliphatic carbocycles. The molecular weight excluding hydrogens is 658 g/mol. The van der Waals surface area contributed by atoms with Gasteiger partial charge >= 0.3 is 5.97 Å². The molecule has 1 saturated carbocycles. The molecular formula is C33H53N5O12. The van der Waals surface area contributed by atoms with E-state index >= 15 is 0 Å². The number of carboxylic acids is 1. The number of nitrogens with two attached hydrogens (primary N) is 1. The first kappa shape index (κ1) is 41.2. The molecule has 3 aliphatic rings. The molecule has 17 nitrogen and oxygen atoms in total. The molecule has 2 aliphatic heterocycles. The molecule has 3 fully saturated rings. The van der Waals surface area contributed by atoms with Crippen LogP contribution in [-0.2, 0) is 33.3 Å². The Morgan fingerprint density at radius 1 is 0.960 bits per heavy atom. The zero-order valence-electron chi connectivity index (χ0n) is 29.4. The monoisotopic (exact) mass is 711 g/mol. The number of nitrogens with one attached hydrogen (secondary N) is 3. The molecule has 2 saturated heterocycles. The van der Waals surface area contributed by atoms with Gasteiger partial charge in [0.2, 0.25) is 17.7 Å². The summed E-state index contributed by atoms with van der Waals surface area (Å²) in [5.41, 5.74) is 5.36. The molecule has 0 aromatic heterocycles. The van der Waals surface area contributed by atoms with Gasteiger partial charge in [-0.05, 0) is 45.4 Å². The van der Waals surface area contributed by atoms with Crippen LogP contribution in [0, 0.1) is 0 Å². The third-order valence-electron chi connectivity index (χ3n) is 9.01. The Labute approximate surface area is 291 Å². The number of aliphatic hydroxyl groups is 3. The number of ether oxygens (including phenoxy) is 4. The number of aromatic carboxylic acids is 1. The van der Waals surface area contributed by atoms with E-state index in [0.29, 0.717) is 24.9 Å². The zero-order valence-corrected chi connectivity index (χ0v) is 29.4. The van der Waals surface area contributed by atoms with Gasteiger partial charge in [-0.15, -0.1) is 0 Å². The highest BCUT2D eigenvalue weighted by Gasteiger charge is 2.51. The smallest absolute Gasteiger partial charge is 0.335 e. The lowest BCUT2D eigenvalue weighted by atomic mass is 9.83. The van der Waals surface area contributed by atoms with E-state index in [1.54, 1.807) is 44.4 Å². The summed E-state index contributed by atoms with van der Waals surface area (Å²) in [6.45, 7) is 5.83. The van der Waals surface area contributed by atoms with Crippen molar-refractivity contribution >= 4 is 23.7 Å². The van der Waals surface area contributed by atoms with Crippen molar-refractivity contribution in [3.63, 3.8) is 0 Å². The van der Waals surface area contributed by atoms with Gasteiger partial charge in [-0.2, -0.15) is 0 Å². The standard InChI is InChI=1S/C26H47N5O10.C7H6O2/c1-12(32)29-17-8-7-15(10-31(6)14(3)34)39-24(17)41-22-18(30-13(2)33)9-16(27)21(19(22)35)40-25-20(36)23(28-5)26(4,37)11-38-25;8-7(9)6-4-2-1-3-5-6/h15-25,28,35-37H,7-11,27H2,1-6H3,(H,29,32)(H,30,33);1-5H,(H,8,9)/t15-,16+,17+,18-,19+,20+,21-,22+,23+,24+,25+,26-;/m0./s1. The van der Waals surface area contributed by atoms with Gasteiger partial charge in [0, 0.05) is 40.4 Å². The molecule has 282 valence electrons. The second kappa shape index (κ2) is 18.3. The Morgan fingerprint density at radius 3 is 2.10 bits per heavy atom. The van der Waals surface area contributed by atoms with Gasteiger partial charge in [-0.3, -0.25) is 14.4 Å². The van der Waals surface area contributed by atoms with Crippen molar-refractivity contribution in [1.82, 2.24) is 20.9 Å². The van der Waals surface area contributed by atoms with Crippen molar-refractivity contribution in [2.45, 2.75) is 120 Å². The first-order chi connectivity index (χ1) is 23.4. The number of carbonyl (C=O) groups is 4. The second-order valence-electron chi connectivity index (χ2n) is 13.3. The van der Waals surface area contributed by atoms with Crippen LogP contribution in [0.1, 0.15) is 57.3 Å². The number of hydrogen-bond acceptors (Lipinski definition) is 13. The summed E-state index contributed by atoms with van der Waals surface area (Å²) in [4.78, 5) is 47.5. The summed E-state index contributed by atoms with van der Waals surface area (Å²) in [5, 5.41) is 49.8. The fraction of sp³-hybridized carbons (Fsp3) is 0.697. The number of rotatable bonds is 10. The molecule has 0 bridgehead atoms. The second-order valence-corrected chi connectivity index (χ2v) is 13.3. The topological polar surface area (TPSA) is 251 Å². The minimum absolute atomic E-state index is 0.133. The average molecular weight is 712 g/mol. The SMILES string of the molecule is CN[C@@H]1[C@@H](O)[C@@H](O[C@@H]2[C@@H](O)[C@H](O[C@H]3O[C@H](CN(C)C(C)=O)CC[C@H]3NC(C)=O)[C@@H](NC(C)=O)C[C@H]2N)OC[C@]1(C)O.O=C(O)c1ccccc1. The lowest BCUT2D eigenvalue weighted by molar-refractivity contribution is -0.308. The maximum Gasteiger partial charge on any atom is 0.335 e. The molecule has 3 amide bonds. The van der Waals surface area contributed by atoms with Crippen LogP contribution in [0.15, 0.2) is 30.3 Å². The maximum atomic E-state index is 12.1. The van der Waals surface area contributed by atoms with Crippen LogP contribution in [0.4, 0.5) is 0 Å². The van der Waals surface area contributed by atoms with Gasteiger partial charge in [-0.25, -0.2) is 4.79 Å². The Kier molecular flexibility index (Phi) is 15.1. The van der Waals surface area contributed by atoms with Crippen LogP contribution in [0.2, 0.25) is 0 Å². The van der Waals surface area contributed by atoms with Gasteiger partial charge in [0.05, 0.1) is 36.4 Å². The number of carbonyl (C=O) groups excluding carboxylic acids is 3. The minimum atomic E-state index is -1.41. The predicted molar refractivity (Wildman–Crippen MR) is 177 cm³/mol. The number of hydrogen-bond donors (Lipinski definition) is 8. The molecule has 12 atom stereocenters. The van der Waals surface area contributed by atoms with Crippen LogP contribution in [-0.4, -0.2) is 149 Å². The van der Waals surface area contributed by atoms with Crippen LogP contribution < -0.4 is 21.7 Å². The Morgan fingerprint density at radius 2 is 1.56 bits per heavy atom. The third-order valence-corrected chi connectivity index (χ3v) is 9.01. The Hall–Kier alpha value is -3.26. The van der Waals surface area contributed by atoms with Crippen molar-refractivity contribution in [2.24, 2.45) is 5.73 Å². The fourth-order valence-electron chi connectivity index (χ4n) is 6.41. The molecule has 0 unspecified atom stereocenters. The quantitative estimate of drug-likeness (QED) is 0.135. The van der Waals surface area contributed by atoms with Gasteiger partial charge in [0.1, 0.15) is 30.0 Å². The van der Waals surface area contributed by atoms with Gasteiger partial charge in [0.15, 0.2) is 12.6 Å². The molecule has 50 heavy (non-hydrogen) atoms. The van der Waals surface area contributed by atoms with Crippen molar-refractivity contribution in [2.75, 3.05) is 27.2 Å². The van der Waals surface area contributed by atoms with Crippen LogP contribution in [0.25, 0.3) is 0 Å². The van der Waals surface area contributed by atoms with E-state index < -0.39 is 78.8 Å².